The van der Waals surface area contributed by atoms with E-state index in [2.05, 4.69) is 0 Å². The Bertz CT molecular complexity index is 1800. The minimum absolute atomic E-state index is 0.0895. The highest BCUT2D eigenvalue weighted by Gasteiger charge is 2.38. The highest BCUT2D eigenvalue weighted by atomic mass is 17.2. The number of carbonyl (C=O) groups is 5. The van der Waals surface area contributed by atoms with Crippen molar-refractivity contribution >= 4 is 51.2 Å². The number of hydrogen-bond acceptors (Lipinski definition) is 9. The van der Waals surface area contributed by atoms with E-state index in [0.29, 0.717) is 0 Å². The first-order chi connectivity index (χ1) is 21.4. The van der Waals surface area contributed by atoms with Gasteiger partial charge < -0.3 is 30.2 Å². The molecule has 0 radical (unpaired) electrons. The second-order valence-corrected chi connectivity index (χ2v) is 12.1. The van der Waals surface area contributed by atoms with Crippen molar-refractivity contribution in [3.63, 3.8) is 0 Å². The molecule has 13 nitrogen and oxygen atoms in total. The molecule has 0 aliphatic heterocycles. The SMILES string of the molecule is CC(C)(C)OOc1c(C(=O)O)c(C(=O)O)c2ccccc2c1C(=O)c1c(OOC(C)(C)C)c(C(=O)O)c(C(=O)O)c2ccccc12. The van der Waals surface area contributed by atoms with Crippen molar-refractivity contribution in [2.24, 2.45) is 0 Å². The van der Waals surface area contributed by atoms with Gasteiger partial charge >= 0.3 is 23.9 Å². The quantitative estimate of drug-likeness (QED) is 0.0868. The molecule has 0 saturated heterocycles. The molecule has 0 atom stereocenters. The number of aromatic carboxylic acids is 4. The minimum atomic E-state index is -1.77. The van der Waals surface area contributed by atoms with Gasteiger partial charge in [-0.2, -0.15) is 9.78 Å². The first-order valence-corrected chi connectivity index (χ1v) is 13.7. The molecule has 0 aliphatic rings. The third-order valence-corrected chi connectivity index (χ3v) is 6.40. The summed E-state index contributed by atoms with van der Waals surface area (Å²) in [5.41, 5.74) is -6.46. The predicted octanol–water partition coefficient (Wildman–Crippen LogP) is 6.23. The Morgan fingerprint density at radius 2 is 0.717 bits per heavy atom. The van der Waals surface area contributed by atoms with E-state index in [1.807, 2.05) is 0 Å². The van der Waals surface area contributed by atoms with Crippen molar-refractivity contribution < 1.29 is 63.9 Å². The molecule has 0 amide bonds. The smallest absolute Gasteiger partial charge is 0.340 e. The summed E-state index contributed by atoms with van der Waals surface area (Å²) in [5, 5.41) is 40.3. The Morgan fingerprint density at radius 3 is 0.957 bits per heavy atom. The number of hydrogen-bond donors (Lipinski definition) is 4. The average Bonchev–Trinajstić information content (AvgIpc) is 2.95. The van der Waals surface area contributed by atoms with Gasteiger partial charge in [0.15, 0.2) is 11.5 Å². The zero-order chi connectivity index (χ0) is 34.3. The van der Waals surface area contributed by atoms with Crippen LogP contribution in [0.5, 0.6) is 11.5 Å². The van der Waals surface area contributed by atoms with Crippen LogP contribution >= 0.6 is 0 Å². The first-order valence-electron chi connectivity index (χ1n) is 13.7. The van der Waals surface area contributed by atoms with Crippen LogP contribution < -0.4 is 9.78 Å². The summed E-state index contributed by atoms with van der Waals surface area (Å²) in [7, 11) is 0. The molecule has 0 heterocycles. The number of rotatable bonds is 10. The summed E-state index contributed by atoms with van der Waals surface area (Å²) >= 11 is 0. The minimum Gasteiger partial charge on any atom is -0.478 e. The highest BCUT2D eigenvalue weighted by molar-refractivity contribution is 6.30. The lowest BCUT2D eigenvalue weighted by molar-refractivity contribution is -0.275. The first kappa shape index (κ1) is 33.4. The summed E-state index contributed by atoms with van der Waals surface area (Å²) < 4.78 is 0. The van der Waals surface area contributed by atoms with Crippen molar-refractivity contribution in [3.8, 4) is 11.5 Å². The molecule has 0 aromatic heterocycles. The maximum absolute atomic E-state index is 14.9. The fraction of sp³-hybridized carbons (Fsp3) is 0.242. The van der Waals surface area contributed by atoms with Crippen LogP contribution in [0.25, 0.3) is 21.5 Å². The number of carboxylic acid groups (broad SMARTS) is 4. The Hall–Kier alpha value is -5.53. The topological polar surface area (TPSA) is 203 Å². The summed E-state index contributed by atoms with van der Waals surface area (Å²) in [6.45, 7) is 9.34. The lowest BCUT2D eigenvalue weighted by Gasteiger charge is -2.24. The van der Waals surface area contributed by atoms with Crippen LogP contribution in [0, 0.1) is 0 Å². The molecule has 46 heavy (non-hydrogen) atoms. The molecule has 0 bridgehead atoms. The van der Waals surface area contributed by atoms with Crippen molar-refractivity contribution in [3.05, 3.63) is 81.9 Å². The van der Waals surface area contributed by atoms with Crippen LogP contribution in [0.3, 0.4) is 0 Å². The number of ketones is 1. The molecule has 0 spiro atoms. The molecule has 0 aliphatic carbocycles. The number of carbonyl (C=O) groups excluding carboxylic acids is 1. The lowest BCUT2D eigenvalue weighted by atomic mass is 9.85. The third-order valence-electron chi connectivity index (χ3n) is 6.40. The van der Waals surface area contributed by atoms with Gasteiger partial charge in [0, 0.05) is 0 Å². The van der Waals surface area contributed by atoms with Gasteiger partial charge in [0.1, 0.15) is 22.3 Å². The molecule has 0 fully saturated rings. The normalized spacial score (nSPS) is 11.8. The van der Waals surface area contributed by atoms with Crippen LogP contribution in [-0.2, 0) is 9.78 Å². The van der Waals surface area contributed by atoms with Crippen molar-refractivity contribution in [1.82, 2.24) is 0 Å². The summed E-state index contributed by atoms with van der Waals surface area (Å²) in [6.07, 6.45) is 0. The standard InChI is InChI=1S/C33H30O13/c1-32(2,3)45-43-26-21(17-13-9-7-11-15(17)19(28(35)36)23(26)30(39)40)25(34)22-18-14-10-8-12-16(18)20(29(37)38)24(31(41)42)27(22)44-46-33(4,5)6/h7-14H,1-6H3,(H,35,36)(H,37,38)(H,39,40)(H,41,42). The fourth-order valence-corrected chi connectivity index (χ4v) is 4.76. The van der Waals surface area contributed by atoms with Gasteiger partial charge in [-0.15, -0.1) is 0 Å². The molecule has 4 rings (SSSR count). The molecule has 0 saturated carbocycles. The molecule has 240 valence electrons. The van der Waals surface area contributed by atoms with E-state index in [-0.39, 0.29) is 21.5 Å². The summed E-state index contributed by atoms with van der Waals surface area (Å²) in [6, 6.07) is 11.1. The Kier molecular flexibility index (Phi) is 8.78. The van der Waals surface area contributed by atoms with Gasteiger partial charge in [-0.05, 0) is 63.1 Å². The van der Waals surface area contributed by atoms with E-state index in [0.717, 1.165) is 0 Å². The van der Waals surface area contributed by atoms with Gasteiger partial charge in [-0.25, -0.2) is 19.2 Å². The zero-order valence-corrected chi connectivity index (χ0v) is 25.6. The molecular weight excluding hydrogens is 604 g/mol. The lowest BCUT2D eigenvalue weighted by Crippen LogP contribution is -2.25. The van der Waals surface area contributed by atoms with Crippen molar-refractivity contribution in [1.29, 1.82) is 0 Å². The maximum atomic E-state index is 14.9. The third kappa shape index (κ3) is 6.32. The van der Waals surface area contributed by atoms with Crippen LogP contribution in [-0.4, -0.2) is 61.3 Å². The second-order valence-electron chi connectivity index (χ2n) is 12.1. The van der Waals surface area contributed by atoms with E-state index in [9.17, 15) is 44.4 Å². The van der Waals surface area contributed by atoms with E-state index in [1.54, 1.807) is 41.5 Å². The molecular formula is C33H30O13. The molecule has 4 aromatic rings. The second kappa shape index (κ2) is 12.1. The maximum Gasteiger partial charge on any atom is 0.340 e. The van der Waals surface area contributed by atoms with Gasteiger partial charge in [0.2, 0.25) is 5.78 Å². The Labute approximate surface area is 261 Å². The van der Waals surface area contributed by atoms with E-state index in [4.69, 9.17) is 19.6 Å². The zero-order valence-electron chi connectivity index (χ0n) is 25.6. The average molecular weight is 635 g/mol. The monoisotopic (exact) mass is 634 g/mol. The van der Waals surface area contributed by atoms with E-state index >= 15 is 0 Å². The summed E-state index contributed by atoms with van der Waals surface area (Å²) in [5.74, 6) is -9.49. The highest BCUT2D eigenvalue weighted by Crippen LogP contribution is 2.43. The van der Waals surface area contributed by atoms with Crippen molar-refractivity contribution in [2.45, 2.75) is 52.7 Å². The largest absolute Gasteiger partial charge is 0.478 e. The number of benzene rings is 4. The van der Waals surface area contributed by atoms with Gasteiger partial charge in [0.05, 0.1) is 22.3 Å². The fourth-order valence-electron chi connectivity index (χ4n) is 4.76. The molecule has 4 aromatic carbocycles. The van der Waals surface area contributed by atoms with Crippen LogP contribution in [0.15, 0.2) is 48.5 Å². The van der Waals surface area contributed by atoms with E-state index in [1.165, 1.54) is 48.5 Å². The number of carboxylic acids is 4. The van der Waals surface area contributed by atoms with Crippen LogP contribution in [0.4, 0.5) is 0 Å². The van der Waals surface area contributed by atoms with Crippen LogP contribution in [0.2, 0.25) is 0 Å². The molecule has 13 heteroatoms. The van der Waals surface area contributed by atoms with Gasteiger partial charge in [0.25, 0.3) is 0 Å². The Morgan fingerprint density at radius 1 is 0.457 bits per heavy atom. The van der Waals surface area contributed by atoms with Gasteiger partial charge in [-0.3, -0.25) is 4.79 Å². The van der Waals surface area contributed by atoms with Crippen molar-refractivity contribution in [2.75, 3.05) is 0 Å². The van der Waals surface area contributed by atoms with Crippen LogP contribution in [0.1, 0.15) is 98.9 Å². The summed E-state index contributed by atoms with van der Waals surface area (Å²) in [4.78, 5) is 87.0. The number of fused-ring (bicyclic) bond motifs is 2. The van der Waals surface area contributed by atoms with Gasteiger partial charge in [-0.1, -0.05) is 48.5 Å². The Balaban J connectivity index is 2.29. The molecule has 0 unspecified atom stereocenters. The molecule has 4 N–H and O–H groups in total. The van der Waals surface area contributed by atoms with E-state index < -0.39 is 85.7 Å². The predicted molar refractivity (Wildman–Crippen MR) is 162 cm³/mol.